The van der Waals surface area contributed by atoms with E-state index in [0.717, 1.165) is 16.6 Å². The van der Waals surface area contributed by atoms with Crippen molar-refractivity contribution in [1.82, 2.24) is 15.3 Å². The molecule has 1 N–H and O–H groups in total. The second kappa shape index (κ2) is 7.38. The molecule has 1 aromatic heterocycles. The van der Waals surface area contributed by atoms with Crippen molar-refractivity contribution in [2.45, 2.75) is 12.5 Å². The highest BCUT2D eigenvalue weighted by molar-refractivity contribution is 9.10. The molecule has 0 saturated heterocycles. The topological polar surface area (TPSA) is 56.3 Å². The van der Waals surface area contributed by atoms with Crippen LogP contribution in [0.5, 0.6) is 11.8 Å². The molecule has 6 heteroatoms. The Balaban J connectivity index is 2.26. The molecule has 1 atom stereocenters. The van der Waals surface area contributed by atoms with E-state index in [4.69, 9.17) is 9.47 Å². The summed E-state index contributed by atoms with van der Waals surface area (Å²) in [6.45, 7) is 0. The molecular weight excluding hydrogens is 334 g/mol. The van der Waals surface area contributed by atoms with E-state index in [9.17, 15) is 0 Å². The van der Waals surface area contributed by atoms with E-state index in [1.54, 1.807) is 20.4 Å². The zero-order chi connectivity index (χ0) is 15.2. The summed E-state index contributed by atoms with van der Waals surface area (Å²) in [4.78, 5) is 8.70. The second-order valence-corrected chi connectivity index (χ2v) is 5.39. The standard InChI is InChI=1S/C15H18BrN3O2/c1-17-12(8-10-4-6-11(16)7-5-10)14-15(21-3)19-13(20-2)9-18-14/h4-7,9,12,17H,8H2,1-3H3. The first-order chi connectivity index (χ1) is 10.2. The normalized spacial score (nSPS) is 12.0. The van der Waals surface area contributed by atoms with Crippen LogP contribution in [0.2, 0.25) is 0 Å². The van der Waals surface area contributed by atoms with Crippen molar-refractivity contribution in [3.8, 4) is 11.8 Å². The largest absolute Gasteiger partial charge is 0.480 e. The minimum Gasteiger partial charge on any atom is -0.480 e. The molecule has 5 nitrogen and oxygen atoms in total. The summed E-state index contributed by atoms with van der Waals surface area (Å²) in [7, 11) is 5.04. The summed E-state index contributed by atoms with van der Waals surface area (Å²) in [5, 5.41) is 3.26. The highest BCUT2D eigenvalue weighted by Gasteiger charge is 2.19. The molecule has 0 aliphatic heterocycles. The molecule has 112 valence electrons. The van der Waals surface area contributed by atoms with E-state index in [1.807, 2.05) is 19.2 Å². The Hall–Kier alpha value is -1.66. The lowest BCUT2D eigenvalue weighted by molar-refractivity contribution is 0.350. The van der Waals surface area contributed by atoms with Gasteiger partial charge < -0.3 is 14.8 Å². The molecule has 1 heterocycles. The Kier molecular flexibility index (Phi) is 5.52. The van der Waals surface area contributed by atoms with Crippen LogP contribution in [0.15, 0.2) is 34.9 Å². The molecule has 0 bridgehead atoms. The quantitative estimate of drug-likeness (QED) is 0.867. The van der Waals surface area contributed by atoms with E-state index in [0.29, 0.717) is 11.8 Å². The number of rotatable bonds is 6. The summed E-state index contributed by atoms with van der Waals surface area (Å²) < 4.78 is 11.5. The van der Waals surface area contributed by atoms with Crippen LogP contribution < -0.4 is 14.8 Å². The summed E-state index contributed by atoms with van der Waals surface area (Å²) in [5.74, 6) is 0.917. The van der Waals surface area contributed by atoms with E-state index < -0.39 is 0 Å². The van der Waals surface area contributed by atoms with Crippen LogP contribution in [0.1, 0.15) is 17.3 Å². The van der Waals surface area contributed by atoms with Gasteiger partial charge in [0.2, 0.25) is 11.8 Å². The fourth-order valence-electron chi connectivity index (χ4n) is 2.05. The van der Waals surface area contributed by atoms with Crippen LogP contribution in [-0.2, 0) is 6.42 Å². The number of nitrogens with one attached hydrogen (secondary N) is 1. The van der Waals surface area contributed by atoms with Gasteiger partial charge in [-0.25, -0.2) is 4.98 Å². The summed E-state index contributed by atoms with van der Waals surface area (Å²) >= 11 is 3.44. The van der Waals surface area contributed by atoms with E-state index in [1.165, 1.54) is 5.56 Å². The van der Waals surface area contributed by atoms with Gasteiger partial charge in [-0.05, 0) is 31.2 Å². The van der Waals surface area contributed by atoms with Crippen molar-refractivity contribution in [2.75, 3.05) is 21.3 Å². The van der Waals surface area contributed by atoms with E-state index in [2.05, 4.69) is 43.3 Å². The number of likely N-dealkylation sites (N-methyl/N-ethyl adjacent to an activating group) is 1. The number of nitrogens with zero attached hydrogens (tertiary/aromatic N) is 2. The highest BCUT2D eigenvalue weighted by atomic mass is 79.9. The molecule has 2 rings (SSSR count). The Morgan fingerprint density at radius 2 is 1.90 bits per heavy atom. The lowest BCUT2D eigenvalue weighted by Crippen LogP contribution is -2.21. The van der Waals surface area contributed by atoms with Gasteiger partial charge in [0.25, 0.3) is 0 Å². The average molecular weight is 352 g/mol. The van der Waals surface area contributed by atoms with Crippen LogP contribution in [0.4, 0.5) is 0 Å². The fourth-order valence-corrected chi connectivity index (χ4v) is 2.31. The van der Waals surface area contributed by atoms with Crippen LogP contribution in [-0.4, -0.2) is 31.2 Å². The Labute approximate surface area is 132 Å². The summed E-state index contributed by atoms with van der Waals surface area (Å²) in [6, 6.07) is 8.23. The number of ether oxygens (including phenoxy) is 2. The third kappa shape index (κ3) is 3.92. The Morgan fingerprint density at radius 3 is 2.48 bits per heavy atom. The van der Waals surface area contributed by atoms with Crippen LogP contribution >= 0.6 is 15.9 Å². The molecule has 1 unspecified atom stereocenters. The molecule has 0 aliphatic carbocycles. The minimum atomic E-state index is 0.0135. The number of aromatic nitrogens is 2. The molecule has 0 spiro atoms. The molecular formula is C15H18BrN3O2. The molecule has 0 radical (unpaired) electrons. The number of benzene rings is 1. The molecule has 0 saturated carbocycles. The second-order valence-electron chi connectivity index (χ2n) is 4.48. The van der Waals surface area contributed by atoms with Crippen molar-refractivity contribution in [3.05, 3.63) is 46.2 Å². The van der Waals surface area contributed by atoms with Gasteiger partial charge in [-0.1, -0.05) is 28.1 Å². The minimum absolute atomic E-state index is 0.0135. The monoisotopic (exact) mass is 351 g/mol. The van der Waals surface area contributed by atoms with Crippen molar-refractivity contribution in [1.29, 1.82) is 0 Å². The van der Waals surface area contributed by atoms with Gasteiger partial charge in [-0.2, -0.15) is 4.98 Å². The predicted molar refractivity (Wildman–Crippen MR) is 84.8 cm³/mol. The Bertz CT molecular complexity index is 590. The maximum absolute atomic E-state index is 5.33. The smallest absolute Gasteiger partial charge is 0.240 e. The van der Waals surface area contributed by atoms with Gasteiger partial charge in [0.15, 0.2) is 0 Å². The number of hydrogen-bond acceptors (Lipinski definition) is 5. The molecule has 1 aromatic carbocycles. The number of hydrogen-bond donors (Lipinski definition) is 1. The SMILES string of the molecule is CNC(Cc1ccc(Br)cc1)c1ncc(OC)nc1OC. The molecule has 0 aliphatic rings. The summed E-state index contributed by atoms with van der Waals surface area (Å²) in [5.41, 5.74) is 1.97. The van der Waals surface area contributed by atoms with Crippen molar-refractivity contribution in [3.63, 3.8) is 0 Å². The maximum atomic E-state index is 5.33. The third-order valence-corrected chi connectivity index (χ3v) is 3.71. The predicted octanol–water partition coefficient (Wildman–Crippen LogP) is 2.76. The Morgan fingerprint density at radius 1 is 1.19 bits per heavy atom. The first-order valence-electron chi connectivity index (χ1n) is 6.54. The molecule has 2 aromatic rings. The average Bonchev–Trinajstić information content (AvgIpc) is 2.53. The van der Waals surface area contributed by atoms with Gasteiger partial charge in [0.1, 0.15) is 5.69 Å². The fraction of sp³-hybridized carbons (Fsp3) is 0.333. The van der Waals surface area contributed by atoms with Crippen LogP contribution in [0.25, 0.3) is 0 Å². The molecule has 0 amide bonds. The number of halogens is 1. The van der Waals surface area contributed by atoms with E-state index >= 15 is 0 Å². The van der Waals surface area contributed by atoms with Crippen molar-refractivity contribution >= 4 is 15.9 Å². The lowest BCUT2D eigenvalue weighted by atomic mass is 10.0. The van der Waals surface area contributed by atoms with Crippen molar-refractivity contribution < 1.29 is 9.47 Å². The third-order valence-electron chi connectivity index (χ3n) is 3.18. The number of methoxy groups -OCH3 is 2. The van der Waals surface area contributed by atoms with Crippen molar-refractivity contribution in [2.24, 2.45) is 0 Å². The zero-order valence-electron chi connectivity index (χ0n) is 12.3. The van der Waals surface area contributed by atoms with Gasteiger partial charge in [0.05, 0.1) is 26.5 Å². The lowest BCUT2D eigenvalue weighted by Gasteiger charge is -2.18. The molecule has 21 heavy (non-hydrogen) atoms. The van der Waals surface area contributed by atoms with E-state index in [-0.39, 0.29) is 6.04 Å². The summed E-state index contributed by atoms with van der Waals surface area (Å²) in [6.07, 6.45) is 2.39. The zero-order valence-corrected chi connectivity index (χ0v) is 13.8. The van der Waals surface area contributed by atoms with Gasteiger partial charge in [-0.15, -0.1) is 0 Å². The first kappa shape index (κ1) is 15.7. The molecule has 0 fully saturated rings. The van der Waals surface area contributed by atoms with Crippen LogP contribution in [0, 0.1) is 0 Å². The van der Waals surface area contributed by atoms with Gasteiger partial charge >= 0.3 is 0 Å². The maximum Gasteiger partial charge on any atom is 0.240 e. The highest BCUT2D eigenvalue weighted by Crippen LogP contribution is 2.26. The van der Waals surface area contributed by atoms with Crippen LogP contribution in [0.3, 0.4) is 0 Å². The van der Waals surface area contributed by atoms with Gasteiger partial charge in [-0.3, -0.25) is 0 Å². The van der Waals surface area contributed by atoms with Gasteiger partial charge in [0, 0.05) is 4.47 Å². The first-order valence-corrected chi connectivity index (χ1v) is 7.33.